The summed E-state index contributed by atoms with van der Waals surface area (Å²) in [6.45, 7) is 6.57. The molecule has 1 aromatic carbocycles. The molecule has 0 aliphatic heterocycles. The number of nitrogens with one attached hydrogen (secondary N) is 2. The predicted molar refractivity (Wildman–Crippen MR) is 109 cm³/mol. The highest BCUT2D eigenvalue weighted by molar-refractivity contribution is 5.79. The van der Waals surface area contributed by atoms with Crippen LogP contribution in [0, 0.1) is 13.8 Å². The van der Waals surface area contributed by atoms with Crippen molar-refractivity contribution in [2.45, 2.75) is 58.7 Å². The number of nitrogens with zero attached hydrogens (tertiary/aromatic N) is 3. The van der Waals surface area contributed by atoms with Crippen molar-refractivity contribution in [1.29, 1.82) is 0 Å². The average molecular weight is 370 g/mol. The van der Waals surface area contributed by atoms with Crippen LogP contribution in [0.15, 0.2) is 35.3 Å². The van der Waals surface area contributed by atoms with Gasteiger partial charge in [-0.2, -0.15) is 5.10 Å². The van der Waals surface area contributed by atoms with Gasteiger partial charge in [-0.25, -0.2) is 0 Å². The minimum absolute atomic E-state index is 0.387. The van der Waals surface area contributed by atoms with Gasteiger partial charge in [-0.3, -0.25) is 9.67 Å². The van der Waals surface area contributed by atoms with E-state index in [-0.39, 0.29) is 0 Å². The molecule has 6 nitrogen and oxygen atoms in total. The number of rotatable bonds is 8. The zero-order chi connectivity index (χ0) is 19.1. The molecule has 0 saturated heterocycles. The van der Waals surface area contributed by atoms with Crippen LogP contribution in [0.1, 0.15) is 42.6 Å². The van der Waals surface area contributed by atoms with Gasteiger partial charge in [0.25, 0.3) is 0 Å². The van der Waals surface area contributed by atoms with Crippen LogP contribution in [0.4, 0.5) is 0 Å². The summed E-state index contributed by atoms with van der Waals surface area (Å²) in [5.41, 5.74) is 3.44. The average Bonchev–Trinajstić information content (AvgIpc) is 2.95. The number of para-hydroxylation sites is 1. The third kappa shape index (κ3) is 5.49. The Morgan fingerprint density at radius 3 is 2.74 bits per heavy atom. The molecule has 1 saturated carbocycles. The molecule has 2 N–H and O–H groups in total. The first-order valence-corrected chi connectivity index (χ1v) is 9.86. The molecule has 1 aliphatic carbocycles. The zero-order valence-electron chi connectivity index (χ0n) is 16.7. The monoisotopic (exact) mass is 369 g/mol. The lowest BCUT2D eigenvalue weighted by atomic mass is 9.96. The molecule has 0 amide bonds. The van der Waals surface area contributed by atoms with E-state index in [9.17, 15) is 0 Å². The maximum absolute atomic E-state index is 6.10. The molecule has 27 heavy (non-hydrogen) atoms. The number of ether oxygens (including phenoxy) is 1. The van der Waals surface area contributed by atoms with Gasteiger partial charge in [0.15, 0.2) is 5.96 Å². The molecule has 1 fully saturated rings. The Morgan fingerprint density at radius 1 is 1.26 bits per heavy atom. The minimum Gasteiger partial charge on any atom is -0.490 e. The number of aromatic nitrogens is 2. The maximum atomic E-state index is 6.10. The lowest BCUT2D eigenvalue weighted by molar-refractivity contribution is 0.119. The predicted octanol–water partition coefficient (Wildman–Crippen LogP) is 3.19. The minimum atomic E-state index is 0.387. The Balaban J connectivity index is 1.43. The zero-order valence-corrected chi connectivity index (χ0v) is 16.7. The van der Waals surface area contributed by atoms with Gasteiger partial charge in [0.2, 0.25) is 0 Å². The normalized spacial score (nSPS) is 14.7. The number of benzene rings is 1. The molecule has 1 aliphatic rings. The van der Waals surface area contributed by atoms with Crippen LogP contribution in [0.25, 0.3) is 0 Å². The Labute approximate surface area is 162 Å². The van der Waals surface area contributed by atoms with Crippen molar-refractivity contribution in [3.63, 3.8) is 0 Å². The molecule has 6 heteroatoms. The van der Waals surface area contributed by atoms with E-state index in [1.807, 2.05) is 13.0 Å². The highest BCUT2D eigenvalue weighted by Gasteiger charge is 2.20. The van der Waals surface area contributed by atoms with Crippen molar-refractivity contribution in [2.75, 3.05) is 13.6 Å². The molecule has 0 spiro atoms. The van der Waals surface area contributed by atoms with E-state index in [1.165, 1.54) is 25.0 Å². The summed E-state index contributed by atoms with van der Waals surface area (Å²) >= 11 is 0. The Morgan fingerprint density at radius 2 is 2.07 bits per heavy atom. The summed E-state index contributed by atoms with van der Waals surface area (Å²) in [5, 5.41) is 11.3. The smallest absolute Gasteiger partial charge is 0.191 e. The number of aryl methyl sites for hydroxylation is 3. The molecule has 3 rings (SSSR count). The van der Waals surface area contributed by atoms with Crippen LogP contribution in [0.2, 0.25) is 0 Å². The molecule has 0 radical (unpaired) electrons. The van der Waals surface area contributed by atoms with E-state index in [4.69, 9.17) is 4.74 Å². The molecule has 2 aromatic rings. The van der Waals surface area contributed by atoms with Gasteiger partial charge >= 0.3 is 0 Å². The largest absolute Gasteiger partial charge is 0.490 e. The van der Waals surface area contributed by atoms with Crippen molar-refractivity contribution >= 4 is 5.96 Å². The van der Waals surface area contributed by atoms with Crippen LogP contribution >= 0.6 is 0 Å². The second kappa shape index (κ2) is 9.44. The summed E-state index contributed by atoms with van der Waals surface area (Å²) < 4.78 is 8.15. The van der Waals surface area contributed by atoms with Crippen molar-refractivity contribution in [2.24, 2.45) is 4.99 Å². The number of hydrogen-bond acceptors (Lipinski definition) is 3. The van der Waals surface area contributed by atoms with Gasteiger partial charge in [0.05, 0.1) is 11.8 Å². The van der Waals surface area contributed by atoms with Gasteiger partial charge in [-0.15, -0.1) is 0 Å². The quantitative estimate of drug-likeness (QED) is 0.426. The molecule has 1 heterocycles. The van der Waals surface area contributed by atoms with Gasteiger partial charge in [0.1, 0.15) is 5.75 Å². The van der Waals surface area contributed by atoms with E-state index in [0.29, 0.717) is 12.6 Å². The van der Waals surface area contributed by atoms with Crippen molar-refractivity contribution < 1.29 is 4.74 Å². The molecule has 0 atom stereocenters. The van der Waals surface area contributed by atoms with E-state index < -0.39 is 0 Å². The van der Waals surface area contributed by atoms with E-state index >= 15 is 0 Å². The molecule has 1 aromatic heterocycles. The Bertz CT molecular complexity index is 764. The Kier molecular flexibility index (Phi) is 6.74. The van der Waals surface area contributed by atoms with Gasteiger partial charge in [0, 0.05) is 37.9 Å². The Hall–Kier alpha value is -2.50. The van der Waals surface area contributed by atoms with Crippen molar-refractivity contribution in [1.82, 2.24) is 20.4 Å². The van der Waals surface area contributed by atoms with Crippen molar-refractivity contribution in [3.8, 4) is 5.75 Å². The molecule has 0 unspecified atom stereocenters. The number of guanidine groups is 1. The first kappa shape index (κ1) is 19.3. The van der Waals surface area contributed by atoms with E-state index in [2.05, 4.69) is 56.6 Å². The molecule has 0 bridgehead atoms. The van der Waals surface area contributed by atoms with Crippen LogP contribution in [0.3, 0.4) is 0 Å². The third-order valence-corrected chi connectivity index (χ3v) is 4.93. The standard InChI is InChI=1S/C21H31N5O/c1-16-14-17(2)26(25-16)13-7-12-23-21(22-3)24-15-18-8-4-5-11-20(18)27-19-9-6-10-19/h4-5,8,11,14,19H,6-7,9-10,12-13,15H2,1-3H3,(H2,22,23,24). The first-order chi connectivity index (χ1) is 13.2. The van der Waals surface area contributed by atoms with Gasteiger partial charge in [-0.05, 0) is 51.7 Å². The van der Waals surface area contributed by atoms with Gasteiger partial charge < -0.3 is 15.4 Å². The summed E-state index contributed by atoms with van der Waals surface area (Å²) in [6, 6.07) is 10.4. The summed E-state index contributed by atoms with van der Waals surface area (Å²) in [5.74, 6) is 1.79. The number of hydrogen-bond donors (Lipinski definition) is 2. The second-order valence-corrected chi connectivity index (χ2v) is 7.13. The second-order valence-electron chi connectivity index (χ2n) is 7.13. The number of aliphatic imine (C=N–C) groups is 1. The summed E-state index contributed by atoms with van der Waals surface area (Å²) in [7, 11) is 1.80. The summed E-state index contributed by atoms with van der Waals surface area (Å²) in [6.07, 6.45) is 4.99. The third-order valence-electron chi connectivity index (χ3n) is 4.93. The van der Waals surface area contributed by atoms with Crippen molar-refractivity contribution in [3.05, 3.63) is 47.3 Å². The van der Waals surface area contributed by atoms with Gasteiger partial charge in [-0.1, -0.05) is 18.2 Å². The van der Waals surface area contributed by atoms with Crippen LogP contribution in [-0.2, 0) is 13.1 Å². The topological polar surface area (TPSA) is 63.5 Å². The summed E-state index contributed by atoms with van der Waals surface area (Å²) in [4.78, 5) is 4.32. The first-order valence-electron chi connectivity index (χ1n) is 9.86. The molecular formula is C21H31N5O. The maximum Gasteiger partial charge on any atom is 0.191 e. The molecule has 146 valence electrons. The van der Waals surface area contributed by atoms with E-state index in [0.717, 1.165) is 42.5 Å². The van der Waals surface area contributed by atoms with Crippen LogP contribution in [0.5, 0.6) is 5.75 Å². The van der Waals surface area contributed by atoms with Crippen LogP contribution < -0.4 is 15.4 Å². The fourth-order valence-electron chi connectivity index (χ4n) is 3.17. The highest BCUT2D eigenvalue weighted by atomic mass is 16.5. The lowest BCUT2D eigenvalue weighted by Crippen LogP contribution is -2.37. The highest BCUT2D eigenvalue weighted by Crippen LogP contribution is 2.27. The van der Waals surface area contributed by atoms with E-state index in [1.54, 1.807) is 7.05 Å². The fourth-order valence-corrected chi connectivity index (χ4v) is 3.17. The SMILES string of the molecule is CN=C(NCCCn1nc(C)cc1C)NCc1ccccc1OC1CCC1. The molecular weight excluding hydrogens is 338 g/mol. The van der Waals surface area contributed by atoms with Crippen LogP contribution in [-0.4, -0.2) is 35.4 Å². The fraction of sp³-hybridized carbons (Fsp3) is 0.524. The lowest BCUT2D eigenvalue weighted by Gasteiger charge is -2.27.